The Bertz CT molecular complexity index is 393. The maximum absolute atomic E-state index is 10.7. The summed E-state index contributed by atoms with van der Waals surface area (Å²) in [5, 5.41) is 18.7. The number of aliphatic hydroxyl groups excluding tert-OH is 1. The second-order valence-corrected chi connectivity index (χ2v) is 4.69. The summed E-state index contributed by atoms with van der Waals surface area (Å²) in [5.41, 5.74) is 6.97. The van der Waals surface area contributed by atoms with Crippen LogP contribution in [0.1, 0.15) is 12.0 Å². The molecule has 0 saturated heterocycles. The SMILES string of the molecule is NC(Cc1ccccc1)C(O)C1CC1C(=O)O. The molecule has 0 spiro atoms. The summed E-state index contributed by atoms with van der Waals surface area (Å²) in [5.74, 6) is -1.42. The third-order valence-corrected chi connectivity index (χ3v) is 3.35. The van der Waals surface area contributed by atoms with Crippen LogP contribution in [0.2, 0.25) is 0 Å². The van der Waals surface area contributed by atoms with Gasteiger partial charge in [-0.05, 0) is 18.4 Å². The van der Waals surface area contributed by atoms with E-state index in [0.717, 1.165) is 5.56 Å². The Kier molecular flexibility index (Phi) is 3.45. The van der Waals surface area contributed by atoms with E-state index < -0.39 is 24.0 Å². The third kappa shape index (κ3) is 2.84. The number of carbonyl (C=O) groups is 1. The number of benzene rings is 1. The lowest BCUT2D eigenvalue weighted by Gasteiger charge is -2.18. The fraction of sp³-hybridized carbons (Fsp3) is 0.462. The third-order valence-electron chi connectivity index (χ3n) is 3.35. The van der Waals surface area contributed by atoms with Crippen LogP contribution in [0, 0.1) is 11.8 Å². The molecule has 4 heteroatoms. The Morgan fingerprint density at radius 2 is 2.06 bits per heavy atom. The topological polar surface area (TPSA) is 83.5 Å². The molecule has 17 heavy (non-hydrogen) atoms. The van der Waals surface area contributed by atoms with E-state index in [1.165, 1.54) is 0 Å². The minimum absolute atomic E-state index is 0.175. The molecule has 4 nitrogen and oxygen atoms in total. The molecule has 0 bridgehead atoms. The first-order valence-corrected chi connectivity index (χ1v) is 5.80. The molecular formula is C13H17NO3. The lowest BCUT2D eigenvalue weighted by atomic mass is 9.98. The first-order chi connectivity index (χ1) is 8.09. The predicted molar refractivity (Wildman–Crippen MR) is 63.4 cm³/mol. The van der Waals surface area contributed by atoms with Gasteiger partial charge in [0.15, 0.2) is 0 Å². The van der Waals surface area contributed by atoms with Crippen molar-refractivity contribution in [3.05, 3.63) is 35.9 Å². The van der Waals surface area contributed by atoms with Crippen molar-refractivity contribution in [3.8, 4) is 0 Å². The van der Waals surface area contributed by atoms with Crippen LogP contribution in [-0.4, -0.2) is 28.3 Å². The molecule has 0 aliphatic heterocycles. The van der Waals surface area contributed by atoms with Crippen molar-refractivity contribution in [2.24, 2.45) is 17.6 Å². The smallest absolute Gasteiger partial charge is 0.306 e. The molecular weight excluding hydrogens is 218 g/mol. The number of carboxylic acid groups (broad SMARTS) is 1. The van der Waals surface area contributed by atoms with Gasteiger partial charge in [-0.15, -0.1) is 0 Å². The molecule has 2 rings (SSSR count). The van der Waals surface area contributed by atoms with Crippen molar-refractivity contribution in [1.82, 2.24) is 0 Å². The Balaban J connectivity index is 1.89. The Labute approximate surface area is 100 Å². The molecule has 0 aromatic heterocycles. The zero-order valence-corrected chi connectivity index (χ0v) is 9.49. The highest BCUT2D eigenvalue weighted by atomic mass is 16.4. The largest absolute Gasteiger partial charge is 0.481 e. The molecule has 4 N–H and O–H groups in total. The predicted octanol–water partition coefficient (Wildman–Crippen LogP) is 0.638. The number of rotatable bonds is 5. The summed E-state index contributed by atoms with van der Waals surface area (Å²) in [6.07, 6.45) is 0.389. The van der Waals surface area contributed by atoms with Crippen LogP contribution < -0.4 is 5.73 Å². The van der Waals surface area contributed by atoms with Crippen LogP contribution in [-0.2, 0) is 11.2 Å². The number of hydrogen-bond acceptors (Lipinski definition) is 3. The quantitative estimate of drug-likeness (QED) is 0.699. The van der Waals surface area contributed by atoms with Gasteiger partial charge in [0.1, 0.15) is 0 Å². The molecule has 4 unspecified atom stereocenters. The van der Waals surface area contributed by atoms with E-state index in [1.807, 2.05) is 30.3 Å². The lowest BCUT2D eigenvalue weighted by Crippen LogP contribution is -2.38. The van der Waals surface area contributed by atoms with Crippen LogP contribution in [0.25, 0.3) is 0 Å². The molecule has 0 heterocycles. The summed E-state index contributed by atoms with van der Waals surface area (Å²) in [6.45, 7) is 0. The van der Waals surface area contributed by atoms with Crippen molar-refractivity contribution in [3.63, 3.8) is 0 Å². The van der Waals surface area contributed by atoms with Gasteiger partial charge in [0, 0.05) is 12.0 Å². The van der Waals surface area contributed by atoms with E-state index in [2.05, 4.69) is 0 Å². The summed E-state index contributed by atoms with van der Waals surface area (Å²) >= 11 is 0. The van der Waals surface area contributed by atoms with Crippen LogP contribution in [0.4, 0.5) is 0 Å². The number of aliphatic carboxylic acids is 1. The molecule has 1 saturated carbocycles. The highest BCUT2D eigenvalue weighted by Crippen LogP contribution is 2.42. The maximum Gasteiger partial charge on any atom is 0.306 e. The lowest BCUT2D eigenvalue weighted by molar-refractivity contribution is -0.139. The number of carboxylic acids is 1. The molecule has 1 aromatic rings. The van der Waals surface area contributed by atoms with Crippen molar-refractivity contribution in [1.29, 1.82) is 0 Å². The Morgan fingerprint density at radius 3 is 2.59 bits per heavy atom. The average Bonchev–Trinajstić information content (AvgIpc) is 3.09. The summed E-state index contributed by atoms with van der Waals surface area (Å²) < 4.78 is 0. The summed E-state index contributed by atoms with van der Waals surface area (Å²) in [7, 11) is 0. The van der Waals surface area contributed by atoms with Gasteiger partial charge in [-0.3, -0.25) is 4.79 Å². The van der Waals surface area contributed by atoms with Crippen molar-refractivity contribution >= 4 is 5.97 Å². The van der Waals surface area contributed by atoms with E-state index in [-0.39, 0.29) is 5.92 Å². The van der Waals surface area contributed by atoms with Crippen LogP contribution >= 0.6 is 0 Å². The standard InChI is InChI=1S/C13H17NO3/c14-11(6-8-4-2-1-3-5-8)12(15)9-7-10(9)13(16)17/h1-5,9-12,15H,6-7,14H2,(H,16,17). The second kappa shape index (κ2) is 4.85. The zero-order chi connectivity index (χ0) is 12.4. The van der Waals surface area contributed by atoms with Crippen molar-refractivity contribution < 1.29 is 15.0 Å². The fourth-order valence-corrected chi connectivity index (χ4v) is 2.20. The highest BCUT2D eigenvalue weighted by molar-refractivity contribution is 5.73. The van der Waals surface area contributed by atoms with E-state index in [4.69, 9.17) is 10.8 Å². The first kappa shape index (κ1) is 12.1. The van der Waals surface area contributed by atoms with Gasteiger partial charge in [-0.25, -0.2) is 0 Å². The molecule has 1 aromatic carbocycles. The molecule has 92 valence electrons. The molecule has 0 radical (unpaired) electrons. The molecule has 0 amide bonds. The van der Waals surface area contributed by atoms with E-state index in [1.54, 1.807) is 0 Å². The number of hydrogen-bond donors (Lipinski definition) is 3. The minimum atomic E-state index is -0.832. The molecule has 1 aliphatic rings. The van der Waals surface area contributed by atoms with Crippen molar-refractivity contribution in [2.45, 2.75) is 25.0 Å². The summed E-state index contributed by atoms with van der Waals surface area (Å²) in [6, 6.07) is 9.28. The molecule has 1 aliphatic carbocycles. The van der Waals surface area contributed by atoms with Gasteiger partial charge in [0.2, 0.25) is 0 Å². The van der Waals surface area contributed by atoms with Crippen LogP contribution in [0.3, 0.4) is 0 Å². The molecule has 4 atom stereocenters. The maximum atomic E-state index is 10.7. The highest BCUT2D eigenvalue weighted by Gasteiger charge is 2.49. The van der Waals surface area contributed by atoms with Crippen molar-refractivity contribution in [2.75, 3.05) is 0 Å². The fourth-order valence-electron chi connectivity index (χ4n) is 2.20. The summed E-state index contributed by atoms with van der Waals surface area (Å²) in [4.78, 5) is 10.7. The first-order valence-electron chi connectivity index (χ1n) is 5.80. The van der Waals surface area contributed by atoms with E-state index >= 15 is 0 Å². The number of nitrogens with two attached hydrogens (primary N) is 1. The van der Waals surface area contributed by atoms with Gasteiger partial charge >= 0.3 is 5.97 Å². The zero-order valence-electron chi connectivity index (χ0n) is 9.49. The second-order valence-electron chi connectivity index (χ2n) is 4.69. The Hall–Kier alpha value is -1.39. The van der Waals surface area contributed by atoms with Gasteiger partial charge in [-0.2, -0.15) is 0 Å². The van der Waals surface area contributed by atoms with E-state index in [9.17, 15) is 9.90 Å². The van der Waals surface area contributed by atoms with Gasteiger partial charge < -0.3 is 15.9 Å². The average molecular weight is 235 g/mol. The van der Waals surface area contributed by atoms with Crippen LogP contribution in [0.5, 0.6) is 0 Å². The Morgan fingerprint density at radius 1 is 1.41 bits per heavy atom. The van der Waals surface area contributed by atoms with Gasteiger partial charge in [-0.1, -0.05) is 30.3 Å². The molecule has 1 fully saturated rings. The van der Waals surface area contributed by atoms with Gasteiger partial charge in [0.05, 0.1) is 12.0 Å². The minimum Gasteiger partial charge on any atom is -0.481 e. The van der Waals surface area contributed by atoms with Gasteiger partial charge in [0.25, 0.3) is 0 Å². The monoisotopic (exact) mass is 235 g/mol. The number of aliphatic hydroxyl groups is 1. The normalized spacial score (nSPS) is 26.2. The van der Waals surface area contributed by atoms with Crippen LogP contribution in [0.15, 0.2) is 30.3 Å². The van der Waals surface area contributed by atoms with E-state index in [0.29, 0.717) is 12.8 Å².